The molecule has 0 unspecified atom stereocenters. The number of carbonyl (C=O) groups is 1. The van der Waals surface area contributed by atoms with Gasteiger partial charge in [-0.1, -0.05) is 12.1 Å². The molecule has 6 heteroatoms. The average molecular weight is 346 g/mol. The number of hydrogen-bond donors (Lipinski definition) is 2. The summed E-state index contributed by atoms with van der Waals surface area (Å²) in [6, 6.07) is 13.8. The number of halogens is 1. The van der Waals surface area contributed by atoms with Gasteiger partial charge in [0.05, 0.1) is 11.3 Å². The van der Waals surface area contributed by atoms with Gasteiger partial charge in [0.25, 0.3) is 5.91 Å². The molecule has 5 nitrogen and oxygen atoms in total. The molecule has 0 fully saturated rings. The Morgan fingerprint density at radius 3 is 2.81 bits per heavy atom. The summed E-state index contributed by atoms with van der Waals surface area (Å²) in [6.07, 6.45) is 0. The van der Waals surface area contributed by atoms with E-state index in [0.717, 1.165) is 0 Å². The molecule has 3 N–H and O–H groups in total. The lowest BCUT2D eigenvalue weighted by atomic mass is 10.2. The monoisotopic (exact) mass is 345 g/mol. The van der Waals surface area contributed by atoms with Crippen molar-refractivity contribution in [3.8, 4) is 11.8 Å². The topological polar surface area (TPSA) is 88.1 Å². The number of hydrogen-bond acceptors (Lipinski definition) is 4. The molecular formula is C15H12BrN3O2. The van der Waals surface area contributed by atoms with Crippen LogP contribution in [0.4, 0.5) is 11.4 Å². The van der Waals surface area contributed by atoms with Crippen molar-refractivity contribution < 1.29 is 9.53 Å². The number of nitriles is 1. The normalized spacial score (nSPS) is 9.71. The molecule has 0 aliphatic rings. The first-order valence-electron chi connectivity index (χ1n) is 6.07. The van der Waals surface area contributed by atoms with Crippen molar-refractivity contribution in [2.75, 3.05) is 17.7 Å². The van der Waals surface area contributed by atoms with E-state index in [-0.39, 0.29) is 12.5 Å². The number of rotatable bonds is 4. The van der Waals surface area contributed by atoms with Crippen LogP contribution in [0.3, 0.4) is 0 Å². The lowest BCUT2D eigenvalue weighted by molar-refractivity contribution is -0.118. The molecule has 0 spiro atoms. The number of carbonyl (C=O) groups excluding carboxylic acids is 1. The predicted molar refractivity (Wildman–Crippen MR) is 83.8 cm³/mol. The zero-order valence-electron chi connectivity index (χ0n) is 11.0. The summed E-state index contributed by atoms with van der Waals surface area (Å²) in [6.45, 7) is -0.185. The Balaban J connectivity index is 1.98. The van der Waals surface area contributed by atoms with E-state index in [1.54, 1.807) is 42.5 Å². The minimum atomic E-state index is -0.326. The fourth-order valence-electron chi connectivity index (χ4n) is 1.65. The van der Waals surface area contributed by atoms with E-state index < -0.39 is 0 Å². The highest BCUT2D eigenvalue weighted by Gasteiger charge is 2.08. The van der Waals surface area contributed by atoms with Crippen LogP contribution in [-0.2, 0) is 4.79 Å². The maximum Gasteiger partial charge on any atom is 0.262 e. The number of nitrogens with one attached hydrogen (secondary N) is 1. The van der Waals surface area contributed by atoms with Crippen molar-refractivity contribution in [3.63, 3.8) is 0 Å². The van der Waals surface area contributed by atoms with Crippen LogP contribution in [0.25, 0.3) is 0 Å². The zero-order chi connectivity index (χ0) is 15.2. The molecule has 0 bridgehead atoms. The number of ether oxygens (including phenoxy) is 1. The van der Waals surface area contributed by atoms with Gasteiger partial charge in [-0.3, -0.25) is 4.79 Å². The van der Waals surface area contributed by atoms with Gasteiger partial charge < -0.3 is 15.8 Å². The van der Waals surface area contributed by atoms with Crippen LogP contribution in [0, 0.1) is 11.3 Å². The predicted octanol–water partition coefficient (Wildman–Crippen LogP) is 2.92. The highest BCUT2D eigenvalue weighted by Crippen LogP contribution is 2.24. The maximum absolute atomic E-state index is 11.9. The largest absolute Gasteiger partial charge is 0.482 e. The van der Waals surface area contributed by atoms with Gasteiger partial charge in [0.15, 0.2) is 6.61 Å². The maximum atomic E-state index is 11.9. The summed E-state index contributed by atoms with van der Waals surface area (Å²) in [4.78, 5) is 11.9. The lowest BCUT2D eigenvalue weighted by Gasteiger charge is -2.10. The summed E-state index contributed by atoms with van der Waals surface area (Å²) in [5.41, 5.74) is 7.21. The number of nitrogens with zero attached hydrogens (tertiary/aromatic N) is 1. The smallest absolute Gasteiger partial charge is 0.262 e. The standard InChI is InChI=1S/C15H12BrN3O2/c16-12-7-11(18)5-6-13(12)19-15(20)9-21-14-4-2-1-3-10(14)8-17/h1-7H,9,18H2,(H,19,20). The van der Waals surface area contributed by atoms with Crippen LogP contribution in [0.1, 0.15) is 5.56 Å². The molecule has 2 rings (SSSR count). The fourth-order valence-corrected chi connectivity index (χ4v) is 2.14. The SMILES string of the molecule is N#Cc1ccccc1OCC(=O)Nc1ccc(N)cc1Br. The molecule has 2 aromatic carbocycles. The van der Waals surface area contributed by atoms with Crippen LogP contribution >= 0.6 is 15.9 Å². The Kier molecular flexibility index (Phi) is 4.80. The molecule has 0 atom stereocenters. The molecule has 0 aliphatic heterocycles. The molecule has 0 radical (unpaired) electrons. The quantitative estimate of drug-likeness (QED) is 0.833. The molecule has 0 aliphatic carbocycles. The fraction of sp³-hybridized carbons (Fsp3) is 0.0667. The van der Waals surface area contributed by atoms with Crippen LogP contribution < -0.4 is 15.8 Å². The second-order valence-electron chi connectivity index (χ2n) is 4.18. The zero-order valence-corrected chi connectivity index (χ0v) is 12.6. The molecule has 2 aromatic rings. The van der Waals surface area contributed by atoms with Crippen molar-refractivity contribution in [2.45, 2.75) is 0 Å². The van der Waals surface area contributed by atoms with E-state index in [1.807, 2.05) is 6.07 Å². The van der Waals surface area contributed by atoms with Crippen molar-refractivity contribution in [3.05, 3.63) is 52.5 Å². The second-order valence-corrected chi connectivity index (χ2v) is 5.04. The number of nitrogens with two attached hydrogens (primary N) is 1. The molecule has 106 valence electrons. The Hall–Kier alpha value is -2.52. The van der Waals surface area contributed by atoms with E-state index in [1.165, 1.54) is 0 Å². The Morgan fingerprint density at radius 2 is 2.10 bits per heavy atom. The van der Waals surface area contributed by atoms with Crippen molar-refractivity contribution >= 4 is 33.2 Å². The molecule has 0 saturated heterocycles. The number of benzene rings is 2. The minimum Gasteiger partial charge on any atom is -0.482 e. The number of amides is 1. The van der Waals surface area contributed by atoms with Gasteiger partial charge in [-0.2, -0.15) is 5.26 Å². The van der Waals surface area contributed by atoms with Gasteiger partial charge in [0.2, 0.25) is 0 Å². The number of nitrogen functional groups attached to an aromatic ring is 1. The first-order chi connectivity index (χ1) is 10.1. The van der Waals surface area contributed by atoms with Crippen LogP contribution in [-0.4, -0.2) is 12.5 Å². The van der Waals surface area contributed by atoms with Crippen molar-refractivity contribution in [2.24, 2.45) is 0 Å². The van der Waals surface area contributed by atoms with Crippen molar-refractivity contribution in [1.82, 2.24) is 0 Å². The van der Waals surface area contributed by atoms with Gasteiger partial charge in [0, 0.05) is 10.2 Å². The summed E-state index contributed by atoms with van der Waals surface area (Å²) < 4.78 is 6.04. The van der Waals surface area contributed by atoms with Crippen molar-refractivity contribution in [1.29, 1.82) is 5.26 Å². The first kappa shape index (κ1) is 14.9. The van der Waals surface area contributed by atoms with E-state index in [9.17, 15) is 4.79 Å². The summed E-state index contributed by atoms with van der Waals surface area (Å²) >= 11 is 3.32. The first-order valence-corrected chi connectivity index (χ1v) is 6.86. The van der Waals surface area contributed by atoms with E-state index in [2.05, 4.69) is 21.2 Å². The van der Waals surface area contributed by atoms with E-state index in [4.69, 9.17) is 15.7 Å². The molecule has 0 saturated carbocycles. The van der Waals surface area contributed by atoms with Gasteiger partial charge >= 0.3 is 0 Å². The molecule has 0 aromatic heterocycles. The molecule has 1 amide bonds. The summed E-state index contributed by atoms with van der Waals surface area (Å²) in [5.74, 6) is 0.0553. The second kappa shape index (κ2) is 6.77. The van der Waals surface area contributed by atoms with Gasteiger partial charge in [-0.15, -0.1) is 0 Å². The molecule has 0 heterocycles. The molecule has 21 heavy (non-hydrogen) atoms. The van der Waals surface area contributed by atoms with E-state index >= 15 is 0 Å². The number of para-hydroxylation sites is 1. The molecular weight excluding hydrogens is 334 g/mol. The average Bonchev–Trinajstić information content (AvgIpc) is 2.48. The third-order valence-electron chi connectivity index (χ3n) is 2.63. The van der Waals surface area contributed by atoms with Gasteiger partial charge in [-0.05, 0) is 46.3 Å². The van der Waals surface area contributed by atoms with Crippen LogP contribution in [0.5, 0.6) is 5.75 Å². The third kappa shape index (κ3) is 3.97. The van der Waals surface area contributed by atoms with E-state index in [0.29, 0.717) is 27.2 Å². The Morgan fingerprint density at radius 1 is 1.33 bits per heavy atom. The summed E-state index contributed by atoms with van der Waals surface area (Å²) in [5, 5.41) is 11.6. The Labute approximate surface area is 130 Å². The Bertz CT molecular complexity index is 710. The van der Waals surface area contributed by atoms with Crippen LogP contribution in [0.15, 0.2) is 46.9 Å². The van der Waals surface area contributed by atoms with Gasteiger partial charge in [0.1, 0.15) is 11.8 Å². The van der Waals surface area contributed by atoms with Gasteiger partial charge in [-0.25, -0.2) is 0 Å². The lowest BCUT2D eigenvalue weighted by Crippen LogP contribution is -2.20. The van der Waals surface area contributed by atoms with Crippen LogP contribution in [0.2, 0.25) is 0 Å². The number of anilines is 2. The summed E-state index contributed by atoms with van der Waals surface area (Å²) in [7, 11) is 0. The minimum absolute atomic E-state index is 0.185. The highest BCUT2D eigenvalue weighted by molar-refractivity contribution is 9.10. The third-order valence-corrected chi connectivity index (χ3v) is 3.29. The highest BCUT2D eigenvalue weighted by atomic mass is 79.9.